The van der Waals surface area contributed by atoms with Crippen LogP contribution in [0.3, 0.4) is 0 Å². The highest BCUT2D eigenvalue weighted by Crippen LogP contribution is 2.07. The summed E-state index contributed by atoms with van der Waals surface area (Å²) >= 11 is 0. The van der Waals surface area contributed by atoms with E-state index < -0.39 is 0 Å². The Hall–Kier alpha value is -0.610. The van der Waals surface area contributed by atoms with Gasteiger partial charge in [-0.3, -0.25) is 4.79 Å². The maximum atomic E-state index is 11.3. The minimum Gasteiger partial charge on any atom is -0.463 e. The van der Waals surface area contributed by atoms with Gasteiger partial charge in [0.25, 0.3) is 0 Å². The van der Waals surface area contributed by atoms with Gasteiger partial charge in [0.2, 0.25) is 0 Å². The van der Waals surface area contributed by atoms with E-state index in [4.69, 9.17) is 15.2 Å². The third-order valence-electron chi connectivity index (χ3n) is 1.92. The molecule has 0 atom stereocenters. The average molecular weight is 231 g/mol. The fourth-order valence-electron chi connectivity index (χ4n) is 1.03. The molecule has 0 bridgehead atoms. The van der Waals surface area contributed by atoms with E-state index in [1.54, 1.807) is 0 Å². The Bertz CT molecular complexity index is 197. The van der Waals surface area contributed by atoms with Gasteiger partial charge >= 0.3 is 5.97 Å². The molecule has 0 amide bonds. The molecule has 0 aliphatic rings. The Morgan fingerprint density at radius 1 is 1.31 bits per heavy atom. The molecule has 4 heteroatoms. The standard InChI is InChI=1S/C12H25NO3/c1-10(2)9-15-7-8-16-11(14)5-6-12(3,4)13/h10H,5-9,13H2,1-4H3. The zero-order chi connectivity index (χ0) is 12.6. The van der Waals surface area contributed by atoms with Gasteiger partial charge in [0.1, 0.15) is 6.61 Å². The van der Waals surface area contributed by atoms with Gasteiger partial charge in [-0.1, -0.05) is 13.8 Å². The lowest BCUT2D eigenvalue weighted by molar-refractivity contribution is -0.145. The summed E-state index contributed by atoms with van der Waals surface area (Å²) in [6, 6.07) is 0. The van der Waals surface area contributed by atoms with Gasteiger partial charge in [0, 0.05) is 18.6 Å². The van der Waals surface area contributed by atoms with Crippen molar-refractivity contribution in [2.75, 3.05) is 19.8 Å². The van der Waals surface area contributed by atoms with E-state index in [9.17, 15) is 4.79 Å². The van der Waals surface area contributed by atoms with Crippen LogP contribution in [0.25, 0.3) is 0 Å². The summed E-state index contributed by atoms with van der Waals surface area (Å²) in [7, 11) is 0. The van der Waals surface area contributed by atoms with Crippen LogP contribution < -0.4 is 5.73 Å². The molecular weight excluding hydrogens is 206 g/mol. The molecule has 0 aromatic carbocycles. The zero-order valence-corrected chi connectivity index (χ0v) is 10.9. The van der Waals surface area contributed by atoms with Crippen LogP contribution in [0.2, 0.25) is 0 Å². The van der Waals surface area contributed by atoms with Crippen LogP contribution in [0.5, 0.6) is 0 Å². The largest absolute Gasteiger partial charge is 0.463 e. The number of rotatable bonds is 8. The average Bonchev–Trinajstić information content (AvgIpc) is 2.12. The van der Waals surface area contributed by atoms with Crippen LogP contribution in [0.1, 0.15) is 40.5 Å². The molecule has 0 heterocycles. The maximum absolute atomic E-state index is 11.3. The summed E-state index contributed by atoms with van der Waals surface area (Å²) in [5, 5.41) is 0. The Labute approximate surface area is 98.5 Å². The summed E-state index contributed by atoms with van der Waals surface area (Å²) in [4.78, 5) is 11.3. The smallest absolute Gasteiger partial charge is 0.305 e. The fourth-order valence-corrected chi connectivity index (χ4v) is 1.03. The minimum atomic E-state index is -0.312. The second kappa shape index (κ2) is 7.63. The van der Waals surface area contributed by atoms with Crippen molar-refractivity contribution in [1.82, 2.24) is 0 Å². The van der Waals surface area contributed by atoms with Crippen LogP contribution in [0.4, 0.5) is 0 Å². The van der Waals surface area contributed by atoms with Crippen molar-refractivity contribution < 1.29 is 14.3 Å². The van der Waals surface area contributed by atoms with Crippen molar-refractivity contribution in [1.29, 1.82) is 0 Å². The molecule has 0 saturated heterocycles. The van der Waals surface area contributed by atoms with Crippen molar-refractivity contribution >= 4 is 5.97 Å². The lowest BCUT2D eigenvalue weighted by Gasteiger charge is -2.17. The van der Waals surface area contributed by atoms with E-state index in [0.29, 0.717) is 38.6 Å². The highest BCUT2D eigenvalue weighted by atomic mass is 16.6. The van der Waals surface area contributed by atoms with E-state index in [-0.39, 0.29) is 11.5 Å². The molecule has 4 nitrogen and oxygen atoms in total. The lowest BCUT2D eigenvalue weighted by Crippen LogP contribution is -2.32. The summed E-state index contributed by atoms with van der Waals surface area (Å²) in [6.45, 7) is 9.45. The first-order valence-electron chi connectivity index (χ1n) is 5.83. The van der Waals surface area contributed by atoms with Crippen LogP contribution >= 0.6 is 0 Å². The van der Waals surface area contributed by atoms with Crippen molar-refractivity contribution in [3.63, 3.8) is 0 Å². The van der Waals surface area contributed by atoms with Gasteiger partial charge in [0.15, 0.2) is 0 Å². The number of carbonyl (C=O) groups is 1. The second-order valence-corrected chi connectivity index (χ2v) is 5.18. The molecule has 0 fully saturated rings. The van der Waals surface area contributed by atoms with Gasteiger partial charge in [-0.25, -0.2) is 0 Å². The van der Waals surface area contributed by atoms with Gasteiger partial charge in [-0.2, -0.15) is 0 Å². The number of esters is 1. The van der Waals surface area contributed by atoms with E-state index in [0.717, 1.165) is 0 Å². The Kier molecular flexibility index (Phi) is 7.34. The molecule has 0 unspecified atom stereocenters. The Morgan fingerprint density at radius 3 is 2.44 bits per heavy atom. The molecule has 0 aromatic rings. The first-order chi connectivity index (χ1) is 7.31. The number of ether oxygens (including phenoxy) is 2. The lowest BCUT2D eigenvalue weighted by atomic mass is 10.0. The molecule has 96 valence electrons. The van der Waals surface area contributed by atoms with Gasteiger partial charge in [-0.15, -0.1) is 0 Å². The summed E-state index contributed by atoms with van der Waals surface area (Å²) in [6.07, 6.45) is 1.01. The SMILES string of the molecule is CC(C)COCCOC(=O)CCC(C)(C)N. The second-order valence-electron chi connectivity index (χ2n) is 5.18. The predicted molar refractivity (Wildman–Crippen MR) is 64.1 cm³/mol. The van der Waals surface area contributed by atoms with Crippen LogP contribution in [-0.4, -0.2) is 31.3 Å². The zero-order valence-electron chi connectivity index (χ0n) is 10.9. The Balaban J connectivity index is 3.38. The molecule has 0 radical (unpaired) electrons. The highest BCUT2D eigenvalue weighted by molar-refractivity contribution is 5.69. The van der Waals surface area contributed by atoms with E-state index in [2.05, 4.69) is 13.8 Å². The summed E-state index contributed by atoms with van der Waals surface area (Å²) in [5.74, 6) is 0.306. The van der Waals surface area contributed by atoms with E-state index in [1.807, 2.05) is 13.8 Å². The molecule has 2 N–H and O–H groups in total. The minimum absolute atomic E-state index is 0.202. The summed E-state index contributed by atoms with van der Waals surface area (Å²) in [5.41, 5.74) is 5.45. The predicted octanol–water partition coefficient (Wildman–Crippen LogP) is 1.72. The van der Waals surface area contributed by atoms with E-state index >= 15 is 0 Å². The Morgan fingerprint density at radius 2 is 1.94 bits per heavy atom. The molecule has 0 aliphatic carbocycles. The van der Waals surface area contributed by atoms with Crippen molar-refractivity contribution in [3.05, 3.63) is 0 Å². The number of nitrogens with two attached hydrogens (primary N) is 1. The normalized spacial score (nSPS) is 11.9. The maximum Gasteiger partial charge on any atom is 0.305 e. The quantitative estimate of drug-likeness (QED) is 0.510. The first kappa shape index (κ1) is 15.4. The topological polar surface area (TPSA) is 61.5 Å². The summed E-state index contributed by atoms with van der Waals surface area (Å²) < 4.78 is 10.3. The van der Waals surface area contributed by atoms with Crippen LogP contribution in [0, 0.1) is 5.92 Å². The van der Waals surface area contributed by atoms with Gasteiger partial charge in [-0.05, 0) is 26.2 Å². The molecule has 0 aliphatic heterocycles. The third-order valence-corrected chi connectivity index (χ3v) is 1.92. The highest BCUT2D eigenvalue weighted by Gasteiger charge is 2.13. The fraction of sp³-hybridized carbons (Fsp3) is 0.917. The molecular formula is C12H25NO3. The molecule has 0 aromatic heterocycles. The number of carbonyl (C=O) groups excluding carboxylic acids is 1. The van der Waals surface area contributed by atoms with Gasteiger partial charge in [0.05, 0.1) is 6.61 Å². The molecule has 0 rings (SSSR count). The van der Waals surface area contributed by atoms with Gasteiger partial charge < -0.3 is 15.2 Å². The van der Waals surface area contributed by atoms with Crippen molar-refractivity contribution in [2.45, 2.75) is 46.1 Å². The monoisotopic (exact) mass is 231 g/mol. The van der Waals surface area contributed by atoms with E-state index in [1.165, 1.54) is 0 Å². The van der Waals surface area contributed by atoms with Crippen molar-refractivity contribution in [2.24, 2.45) is 11.7 Å². The van der Waals surface area contributed by atoms with Crippen molar-refractivity contribution in [3.8, 4) is 0 Å². The molecule has 0 spiro atoms. The first-order valence-corrected chi connectivity index (χ1v) is 5.83. The number of hydrogen-bond donors (Lipinski definition) is 1. The third kappa shape index (κ3) is 11.5. The van der Waals surface area contributed by atoms with Crippen LogP contribution in [-0.2, 0) is 14.3 Å². The number of hydrogen-bond acceptors (Lipinski definition) is 4. The van der Waals surface area contributed by atoms with Crippen LogP contribution in [0.15, 0.2) is 0 Å². The molecule has 0 saturated carbocycles. The molecule has 16 heavy (non-hydrogen) atoms.